The average molecular weight is 426 g/mol. The lowest BCUT2D eigenvalue weighted by Crippen LogP contribution is -2.48. The summed E-state index contributed by atoms with van der Waals surface area (Å²) in [6, 6.07) is 6.95. The molecule has 1 aliphatic rings. The fourth-order valence-electron chi connectivity index (χ4n) is 3.77. The van der Waals surface area contributed by atoms with Crippen LogP contribution in [0.15, 0.2) is 29.2 Å². The lowest BCUT2D eigenvalue weighted by Gasteiger charge is -2.34. The summed E-state index contributed by atoms with van der Waals surface area (Å²) in [6.45, 7) is 14.2. The minimum atomic E-state index is -3.60. The molecule has 8 heteroatoms. The van der Waals surface area contributed by atoms with Gasteiger partial charge in [-0.25, -0.2) is 8.42 Å². The van der Waals surface area contributed by atoms with Gasteiger partial charge >= 0.3 is 0 Å². The molecular formula is C21H35N3O4S. The van der Waals surface area contributed by atoms with Crippen molar-refractivity contribution in [3.05, 3.63) is 29.8 Å². The Balaban J connectivity index is 1.99. The van der Waals surface area contributed by atoms with Gasteiger partial charge in [-0.2, -0.15) is 4.31 Å². The monoisotopic (exact) mass is 425 g/mol. The maximum atomic E-state index is 12.9. The molecule has 2 atom stereocenters. The van der Waals surface area contributed by atoms with E-state index in [4.69, 9.17) is 4.74 Å². The summed E-state index contributed by atoms with van der Waals surface area (Å²) >= 11 is 0. The Bertz CT molecular complexity index is 760. The summed E-state index contributed by atoms with van der Waals surface area (Å²) in [5.41, 5.74) is 0.452. The molecule has 1 saturated heterocycles. The van der Waals surface area contributed by atoms with E-state index in [9.17, 15) is 13.2 Å². The van der Waals surface area contributed by atoms with Crippen molar-refractivity contribution in [2.45, 2.75) is 70.7 Å². The second kappa shape index (κ2) is 10.0. The minimum absolute atomic E-state index is 0.144. The number of morpholine rings is 1. The molecule has 0 aliphatic carbocycles. The molecule has 2 rings (SSSR count). The topological polar surface area (TPSA) is 79.0 Å². The zero-order valence-electron chi connectivity index (χ0n) is 18.4. The van der Waals surface area contributed by atoms with Crippen LogP contribution in [0.2, 0.25) is 0 Å². The Morgan fingerprint density at radius 3 is 2.10 bits per heavy atom. The summed E-state index contributed by atoms with van der Waals surface area (Å²) in [4.78, 5) is 14.9. The molecule has 1 aromatic rings. The standard InChI is InChI=1S/C21H35N3O4S/c1-15(2)24(16(3)4)12-11-22-21(25)19-7-9-20(10-8-19)29(26,27)23-13-17(5)28-18(6)14-23/h7-10,15-18H,11-14H2,1-6H3,(H,22,25)/t17-,18-/m0/s1. The molecule has 7 nitrogen and oxygen atoms in total. The SMILES string of the molecule is CC(C)N(CCNC(=O)c1ccc(S(=O)(=O)N2C[C@H](C)O[C@@H](C)C2)cc1)C(C)C. The van der Waals surface area contributed by atoms with Gasteiger partial charge in [-0.1, -0.05) is 0 Å². The highest BCUT2D eigenvalue weighted by atomic mass is 32.2. The van der Waals surface area contributed by atoms with Crippen molar-refractivity contribution >= 4 is 15.9 Å². The molecule has 0 saturated carbocycles. The van der Waals surface area contributed by atoms with Gasteiger partial charge in [0.25, 0.3) is 5.91 Å². The van der Waals surface area contributed by atoms with Crippen LogP contribution in [0.5, 0.6) is 0 Å². The first-order valence-corrected chi connectivity index (χ1v) is 11.8. The highest BCUT2D eigenvalue weighted by molar-refractivity contribution is 7.89. The summed E-state index contributed by atoms with van der Waals surface area (Å²) < 4.78 is 32.9. The largest absolute Gasteiger partial charge is 0.373 e. The molecule has 0 bridgehead atoms. The van der Waals surface area contributed by atoms with E-state index < -0.39 is 10.0 Å². The number of hydrogen-bond acceptors (Lipinski definition) is 5. The summed E-state index contributed by atoms with van der Waals surface area (Å²) in [5.74, 6) is -0.199. The zero-order valence-corrected chi connectivity index (χ0v) is 19.2. The van der Waals surface area contributed by atoms with Crippen LogP contribution in [-0.2, 0) is 14.8 Å². The Morgan fingerprint density at radius 2 is 1.62 bits per heavy atom. The van der Waals surface area contributed by atoms with E-state index in [-0.39, 0.29) is 23.0 Å². The van der Waals surface area contributed by atoms with Crippen LogP contribution in [0.3, 0.4) is 0 Å². The van der Waals surface area contributed by atoms with Crippen LogP contribution in [0.25, 0.3) is 0 Å². The smallest absolute Gasteiger partial charge is 0.251 e. The first kappa shape index (κ1) is 23.8. The number of carbonyl (C=O) groups excluding carboxylic acids is 1. The van der Waals surface area contributed by atoms with E-state index in [1.165, 1.54) is 16.4 Å². The van der Waals surface area contributed by atoms with E-state index >= 15 is 0 Å². The van der Waals surface area contributed by atoms with Crippen LogP contribution >= 0.6 is 0 Å². The highest BCUT2D eigenvalue weighted by Gasteiger charge is 2.32. The average Bonchev–Trinajstić information content (AvgIpc) is 2.63. The lowest BCUT2D eigenvalue weighted by atomic mass is 10.2. The Labute approximate surface area is 175 Å². The molecular weight excluding hydrogens is 390 g/mol. The molecule has 164 valence electrons. The maximum absolute atomic E-state index is 12.9. The van der Waals surface area contributed by atoms with Crippen molar-refractivity contribution < 1.29 is 17.9 Å². The fourth-order valence-corrected chi connectivity index (χ4v) is 5.36. The number of rotatable bonds is 8. The van der Waals surface area contributed by atoms with Gasteiger partial charge in [-0.3, -0.25) is 9.69 Å². The molecule has 0 aromatic heterocycles. The number of amides is 1. The van der Waals surface area contributed by atoms with Crippen LogP contribution in [0.4, 0.5) is 0 Å². The summed E-state index contributed by atoms with van der Waals surface area (Å²) in [5, 5.41) is 2.92. The third-order valence-corrected chi connectivity index (χ3v) is 6.97. The second-order valence-electron chi connectivity index (χ2n) is 8.28. The Kier molecular flexibility index (Phi) is 8.22. The molecule has 1 aliphatic heterocycles. The minimum Gasteiger partial charge on any atom is -0.373 e. The van der Waals surface area contributed by atoms with E-state index in [1.54, 1.807) is 12.1 Å². The molecule has 1 fully saturated rings. The van der Waals surface area contributed by atoms with Crippen molar-refractivity contribution in [1.29, 1.82) is 0 Å². The van der Waals surface area contributed by atoms with Crippen molar-refractivity contribution in [3.8, 4) is 0 Å². The van der Waals surface area contributed by atoms with Gasteiger partial charge < -0.3 is 10.1 Å². The van der Waals surface area contributed by atoms with E-state index in [1.807, 2.05) is 13.8 Å². The van der Waals surface area contributed by atoms with Gasteiger partial charge in [-0.15, -0.1) is 0 Å². The van der Waals surface area contributed by atoms with Crippen LogP contribution in [-0.4, -0.2) is 74.0 Å². The van der Waals surface area contributed by atoms with Gasteiger partial charge in [0.15, 0.2) is 0 Å². The van der Waals surface area contributed by atoms with Gasteiger partial charge in [0.05, 0.1) is 17.1 Å². The van der Waals surface area contributed by atoms with Gasteiger partial charge in [-0.05, 0) is 65.8 Å². The Hall–Kier alpha value is -1.48. The number of carbonyl (C=O) groups is 1. The molecule has 0 unspecified atom stereocenters. The summed E-state index contributed by atoms with van der Waals surface area (Å²) in [6.07, 6.45) is -0.287. The maximum Gasteiger partial charge on any atom is 0.251 e. The van der Waals surface area contributed by atoms with Crippen molar-refractivity contribution in [3.63, 3.8) is 0 Å². The molecule has 1 heterocycles. The molecule has 1 N–H and O–H groups in total. The van der Waals surface area contributed by atoms with E-state index in [2.05, 4.69) is 37.9 Å². The Morgan fingerprint density at radius 1 is 1.10 bits per heavy atom. The van der Waals surface area contributed by atoms with Crippen LogP contribution in [0.1, 0.15) is 51.9 Å². The molecule has 1 aromatic carbocycles. The normalized spacial score (nSPS) is 21.1. The lowest BCUT2D eigenvalue weighted by molar-refractivity contribution is -0.0440. The molecule has 1 amide bonds. The van der Waals surface area contributed by atoms with Crippen LogP contribution < -0.4 is 5.32 Å². The third-order valence-electron chi connectivity index (χ3n) is 5.12. The summed E-state index contributed by atoms with van der Waals surface area (Å²) in [7, 11) is -3.60. The molecule has 0 spiro atoms. The van der Waals surface area contributed by atoms with Gasteiger partial charge in [0.1, 0.15) is 0 Å². The predicted molar refractivity (Wildman–Crippen MR) is 115 cm³/mol. The first-order valence-electron chi connectivity index (χ1n) is 10.3. The molecule has 29 heavy (non-hydrogen) atoms. The van der Waals surface area contributed by atoms with Crippen LogP contribution in [0, 0.1) is 0 Å². The quantitative estimate of drug-likeness (QED) is 0.692. The van der Waals surface area contributed by atoms with E-state index in [0.29, 0.717) is 37.3 Å². The number of sulfonamides is 1. The highest BCUT2D eigenvalue weighted by Crippen LogP contribution is 2.21. The fraction of sp³-hybridized carbons (Fsp3) is 0.667. The van der Waals surface area contributed by atoms with Gasteiger partial charge in [0, 0.05) is 43.8 Å². The molecule has 0 radical (unpaired) electrons. The third kappa shape index (κ3) is 6.25. The van der Waals surface area contributed by atoms with E-state index in [0.717, 1.165) is 6.54 Å². The number of hydrogen-bond donors (Lipinski definition) is 1. The predicted octanol–water partition coefficient (Wildman–Crippen LogP) is 2.33. The zero-order chi connectivity index (χ0) is 21.8. The number of benzene rings is 1. The first-order chi connectivity index (χ1) is 13.5. The van der Waals surface area contributed by atoms with Crippen molar-refractivity contribution in [2.75, 3.05) is 26.2 Å². The van der Waals surface area contributed by atoms with Crippen molar-refractivity contribution in [1.82, 2.24) is 14.5 Å². The second-order valence-corrected chi connectivity index (χ2v) is 10.2. The number of ether oxygens (including phenoxy) is 1. The number of nitrogens with zero attached hydrogens (tertiary/aromatic N) is 2. The van der Waals surface area contributed by atoms with Gasteiger partial charge in [0.2, 0.25) is 10.0 Å². The van der Waals surface area contributed by atoms with Crippen molar-refractivity contribution in [2.24, 2.45) is 0 Å². The number of nitrogens with one attached hydrogen (secondary N) is 1.